The van der Waals surface area contributed by atoms with E-state index >= 15 is 0 Å². The molecule has 3 rings (SSSR count). The predicted molar refractivity (Wildman–Crippen MR) is 107 cm³/mol. The van der Waals surface area contributed by atoms with E-state index in [4.69, 9.17) is 11.6 Å². The van der Waals surface area contributed by atoms with Gasteiger partial charge in [-0.3, -0.25) is 4.79 Å². The number of hydrogen-bond acceptors (Lipinski definition) is 2. The van der Waals surface area contributed by atoms with Crippen LogP contribution in [0.4, 0.5) is 0 Å². The molecule has 1 amide bonds. The molecule has 4 heteroatoms. The molecule has 0 heterocycles. The van der Waals surface area contributed by atoms with E-state index in [1.807, 2.05) is 24.3 Å². The number of halogens is 1. The molecule has 0 saturated carbocycles. The van der Waals surface area contributed by atoms with Crippen LogP contribution in [0, 0.1) is 0 Å². The van der Waals surface area contributed by atoms with Crippen LogP contribution >= 0.6 is 23.4 Å². The second-order valence-corrected chi connectivity index (χ2v) is 8.07. The van der Waals surface area contributed by atoms with Crippen molar-refractivity contribution in [3.8, 4) is 0 Å². The Kier molecular flexibility index (Phi) is 6.44. The normalized spacial score (nSPS) is 14.6. The van der Waals surface area contributed by atoms with Gasteiger partial charge in [0, 0.05) is 10.8 Å². The Balaban J connectivity index is 1.49. The van der Waals surface area contributed by atoms with Crippen molar-refractivity contribution in [2.45, 2.75) is 44.4 Å². The summed E-state index contributed by atoms with van der Waals surface area (Å²) >= 11 is 7.60. The first kappa shape index (κ1) is 18.3. The first-order valence-corrected chi connectivity index (χ1v) is 10.4. The molecule has 1 atom stereocenters. The van der Waals surface area contributed by atoms with Gasteiger partial charge in [0.2, 0.25) is 5.91 Å². The summed E-state index contributed by atoms with van der Waals surface area (Å²) in [5, 5.41) is 3.85. The highest BCUT2D eigenvalue weighted by Gasteiger charge is 2.14. The molecular weight excluding hydrogens is 350 g/mol. The summed E-state index contributed by atoms with van der Waals surface area (Å²) in [5.41, 5.74) is 5.28. The summed E-state index contributed by atoms with van der Waals surface area (Å²) in [4.78, 5) is 12.2. The third-order valence-corrected chi connectivity index (χ3v) is 5.88. The zero-order valence-electron chi connectivity index (χ0n) is 14.6. The van der Waals surface area contributed by atoms with Gasteiger partial charge in [0.25, 0.3) is 0 Å². The van der Waals surface area contributed by atoms with Crippen LogP contribution in [0.2, 0.25) is 5.02 Å². The van der Waals surface area contributed by atoms with Crippen molar-refractivity contribution in [2.75, 3.05) is 5.75 Å². The summed E-state index contributed by atoms with van der Waals surface area (Å²) in [7, 11) is 0. The molecule has 2 aromatic carbocycles. The third-order valence-electron chi connectivity index (χ3n) is 4.64. The quantitative estimate of drug-likeness (QED) is 0.741. The van der Waals surface area contributed by atoms with Gasteiger partial charge in [-0.2, -0.15) is 0 Å². The molecule has 0 aromatic heterocycles. The Morgan fingerprint density at radius 2 is 1.96 bits per heavy atom. The van der Waals surface area contributed by atoms with E-state index in [-0.39, 0.29) is 11.9 Å². The highest BCUT2D eigenvalue weighted by Crippen LogP contribution is 2.25. The van der Waals surface area contributed by atoms with Gasteiger partial charge in [-0.05, 0) is 67.0 Å². The topological polar surface area (TPSA) is 29.1 Å². The molecule has 1 N–H and O–H groups in total. The van der Waals surface area contributed by atoms with E-state index in [9.17, 15) is 4.79 Å². The molecule has 0 radical (unpaired) electrons. The molecule has 0 bridgehead atoms. The van der Waals surface area contributed by atoms with Gasteiger partial charge in [0.15, 0.2) is 0 Å². The summed E-state index contributed by atoms with van der Waals surface area (Å²) in [6.07, 6.45) is 4.93. The van der Waals surface area contributed by atoms with Crippen LogP contribution in [-0.4, -0.2) is 11.7 Å². The van der Waals surface area contributed by atoms with Gasteiger partial charge in [0.05, 0.1) is 11.8 Å². The Bertz CT molecular complexity index is 746. The molecule has 2 aromatic rings. The third kappa shape index (κ3) is 5.26. The van der Waals surface area contributed by atoms with Gasteiger partial charge in [-0.15, -0.1) is 11.8 Å². The lowest BCUT2D eigenvalue weighted by molar-refractivity contribution is -0.119. The minimum atomic E-state index is 0.0477. The minimum absolute atomic E-state index is 0.0477. The fraction of sp³-hybridized carbons (Fsp3) is 0.381. The number of aryl methyl sites for hydroxylation is 2. The lowest BCUT2D eigenvalue weighted by atomic mass is 9.89. The summed E-state index contributed by atoms with van der Waals surface area (Å²) in [5.74, 6) is 1.33. The molecule has 0 aliphatic heterocycles. The predicted octanol–water partition coefficient (Wildman–Crippen LogP) is 5.33. The maximum absolute atomic E-state index is 12.2. The molecule has 25 heavy (non-hydrogen) atoms. The first-order valence-electron chi connectivity index (χ1n) is 8.85. The maximum atomic E-state index is 12.2. The molecule has 0 spiro atoms. The largest absolute Gasteiger partial charge is 0.349 e. The van der Waals surface area contributed by atoms with Crippen LogP contribution in [-0.2, 0) is 23.4 Å². The Morgan fingerprint density at radius 3 is 2.76 bits per heavy atom. The number of nitrogens with one attached hydrogen (secondary N) is 1. The van der Waals surface area contributed by atoms with Crippen molar-refractivity contribution in [3.63, 3.8) is 0 Å². The zero-order valence-corrected chi connectivity index (χ0v) is 16.1. The van der Waals surface area contributed by atoms with Gasteiger partial charge in [-0.25, -0.2) is 0 Å². The average molecular weight is 374 g/mol. The number of fused-ring (bicyclic) bond motifs is 1. The fourth-order valence-corrected chi connectivity index (χ4v) is 4.28. The highest BCUT2D eigenvalue weighted by molar-refractivity contribution is 7.99. The molecule has 1 aliphatic carbocycles. The summed E-state index contributed by atoms with van der Waals surface area (Å²) in [6.45, 7) is 2.06. The van der Waals surface area contributed by atoms with Gasteiger partial charge in [-0.1, -0.05) is 41.9 Å². The van der Waals surface area contributed by atoms with Crippen molar-refractivity contribution in [2.24, 2.45) is 0 Å². The molecule has 0 saturated heterocycles. The van der Waals surface area contributed by atoms with Gasteiger partial charge >= 0.3 is 0 Å². The van der Waals surface area contributed by atoms with E-state index in [0.29, 0.717) is 5.75 Å². The van der Waals surface area contributed by atoms with Crippen molar-refractivity contribution >= 4 is 29.3 Å². The standard InChI is InChI=1S/C21H24ClNOS/c1-15(18-10-9-17-6-2-3-7-19(17)12-18)23-21(24)14-25-13-16-5-4-8-20(22)11-16/h4-5,8-12,15H,2-3,6-7,13-14H2,1H3,(H,23,24)/t15-/m0/s1. The second kappa shape index (κ2) is 8.77. The smallest absolute Gasteiger partial charge is 0.230 e. The fourth-order valence-electron chi connectivity index (χ4n) is 3.28. The maximum Gasteiger partial charge on any atom is 0.230 e. The van der Waals surface area contributed by atoms with E-state index < -0.39 is 0 Å². The molecule has 1 aliphatic rings. The molecule has 132 valence electrons. The highest BCUT2D eigenvalue weighted by atomic mass is 35.5. The summed E-state index contributed by atoms with van der Waals surface area (Å²) < 4.78 is 0. The number of carbonyl (C=O) groups excluding carboxylic acids is 1. The second-order valence-electron chi connectivity index (χ2n) is 6.65. The van der Waals surface area contributed by atoms with Crippen LogP contribution < -0.4 is 5.32 Å². The minimum Gasteiger partial charge on any atom is -0.349 e. The summed E-state index contributed by atoms with van der Waals surface area (Å²) in [6, 6.07) is 14.5. The molecule has 0 unspecified atom stereocenters. The monoisotopic (exact) mass is 373 g/mol. The van der Waals surface area contributed by atoms with E-state index in [1.165, 1.54) is 42.4 Å². The number of hydrogen-bond donors (Lipinski definition) is 1. The number of benzene rings is 2. The van der Waals surface area contributed by atoms with Crippen molar-refractivity contribution < 1.29 is 4.79 Å². The lowest BCUT2D eigenvalue weighted by Gasteiger charge is -2.20. The number of thioether (sulfide) groups is 1. The number of rotatable bonds is 6. The number of carbonyl (C=O) groups is 1. The van der Waals surface area contributed by atoms with Crippen molar-refractivity contribution in [1.29, 1.82) is 0 Å². The van der Waals surface area contributed by atoms with E-state index in [0.717, 1.165) is 16.3 Å². The van der Waals surface area contributed by atoms with Gasteiger partial charge in [0.1, 0.15) is 0 Å². The zero-order chi connectivity index (χ0) is 17.6. The first-order chi connectivity index (χ1) is 12.1. The van der Waals surface area contributed by atoms with Crippen LogP contribution in [0.25, 0.3) is 0 Å². The van der Waals surface area contributed by atoms with Crippen LogP contribution in [0.5, 0.6) is 0 Å². The SMILES string of the molecule is C[C@H](NC(=O)CSCc1cccc(Cl)c1)c1ccc2c(c1)CCCC2. The van der Waals surface area contributed by atoms with Gasteiger partial charge < -0.3 is 5.32 Å². The lowest BCUT2D eigenvalue weighted by Crippen LogP contribution is -2.28. The number of amides is 1. The molecular formula is C21H24ClNOS. The van der Waals surface area contributed by atoms with Crippen LogP contribution in [0.15, 0.2) is 42.5 Å². The van der Waals surface area contributed by atoms with E-state index in [1.54, 1.807) is 11.8 Å². The molecule has 0 fully saturated rings. The van der Waals surface area contributed by atoms with Crippen LogP contribution in [0.1, 0.15) is 48.1 Å². The van der Waals surface area contributed by atoms with Crippen molar-refractivity contribution in [3.05, 3.63) is 69.7 Å². The average Bonchev–Trinajstić information content (AvgIpc) is 2.61. The molecule has 2 nitrogen and oxygen atoms in total. The Morgan fingerprint density at radius 1 is 1.16 bits per heavy atom. The van der Waals surface area contributed by atoms with E-state index in [2.05, 4.69) is 30.4 Å². The van der Waals surface area contributed by atoms with Crippen LogP contribution in [0.3, 0.4) is 0 Å². The van der Waals surface area contributed by atoms with Crippen molar-refractivity contribution in [1.82, 2.24) is 5.32 Å². The Hall–Kier alpha value is -1.45. The Labute approximate surface area is 159 Å².